The van der Waals surface area contributed by atoms with Crippen molar-refractivity contribution >= 4 is 17.4 Å². The summed E-state index contributed by atoms with van der Waals surface area (Å²) in [5.41, 5.74) is 6.19. The van der Waals surface area contributed by atoms with Crippen LogP contribution in [-0.4, -0.2) is 25.1 Å². The summed E-state index contributed by atoms with van der Waals surface area (Å²) in [7, 11) is 3.14. The fourth-order valence-corrected chi connectivity index (χ4v) is 2.12. The first-order valence-corrected chi connectivity index (χ1v) is 7.14. The smallest absolute Gasteiger partial charge is 0.234 e. The van der Waals surface area contributed by atoms with Crippen molar-refractivity contribution in [1.29, 1.82) is 0 Å². The summed E-state index contributed by atoms with van der Waals surface area (Å²) in [5, 5.41) is 2.84. The molecule has 0 spiro atoms. The predicted octanol–water partition coefficient (Wildman–Crippen LogP) is 2.60. The van der Waals surface area contributed by atoms with E-state index in [0.29, 0.717) is 23.0 Å². The average molecular weight is 315 g/mol. The highest BCUT2D eigenvalue weighted by Gasteiger charge is 2.30. The number of rotatable bonds is 5. The van der Waals surface area contributed by atoms with Crippen molar-refractivity contribution in [2.75, 3.05) is 25.3 Å². The maximum Gasteiger partial charge on any atom is 0.234 e. The van der Waals surface area contributed by atoms with Gasteiger partial charge in [-0.15, -0.1) is 0 Å². The molecule has 0 unspecified atom stereocenters. The molecule has 0 aliphatic rings. The minimum atomic E-state index is -0.763. The molecule has 6 nitrogen and oxygen atoms in total. The third-order valence-corrected chi connectivity index (χ3v) is 3.72. The Labute approximate surface area is 135 Å². The average Bonchev–Trinajstić information content (AvgIpc) is 2.56. The third kappa shape index (κ3) is 3.53. The molecule has 23 heavy (non-hydrogen) atoms. The van der Waals surface area contributed by atoms with E-state index >= 15 is 0 Å². The summed E-state index contributed by atoms with van der Waals surface area (Å²) < 4.78 is 10.5. The van der Waals surface area contributed by atoms with E-state index < -0.39 is 5.41 Å². The number of nitrogens with zero attached hydrogens (tertiary/aromatic N) is 1. The Morgan fingerprint density at radius 3 is 2.39 bits per heavy atom. The van der Waals surface area contributed by atoms with Gasteiger partial charge in [0.2, 0.25) is 5.91 Å². The van der Waals surface area contributed by atoms with Crippen LogP contribution in [0.5, 0.6) is 11.5 Å². The van der Waals surface area contributed by atoms with Crippen molar-refractivity contribution in [3.05, 3.63) is 42.1 Å². The standard InChI is InChI=1S/C17H21N3O3/c1-17(2,11-5-7-13(22-3)14(9-11)23-4)16(21)20-12-6-8-15(18)19-10-12/h5-10H,1-4H3,(H2,18,19)(H,20,21). The Hall–Kier alpha value is -2.76. The molecule has 0 saturated heterocycles. The zero-order chi connectivity index (χ0) is 17.0. The van der Waals surface area contributed by atoms with Gasteiger partial charge in [0.05, 0.1) is 31.5 Å². The molecule has 0 radical (unpaired) electrons. The number of benzene rings is 1. The largest absolute Gasteiger partial charge is 0.493 e. The minimum Gasteiger partial charge on any atom is -0.493 e. The second kappa shape index (κ2) is 6.56. The summed E-state index contributed by atoms with van der Waals surface area (Å²) in [4.78, 5) is 16.6. The molecule has 0 aliphatic carbocycles. The first-order valence-electron chi connectivity index (χ1n) is 7.14. The van der Waals surface area contributed by atoms with Crippen molar-refractivity contribution in [2.24, 2.45) is 0 Å². The lowest BCUT2D eigenvalue weighted by Crippen LogP contribution is -2.34. The van der Waals surface area contributed by atoms with Crippen LogP contribution >= 0.6 is 0 Å². The minimum absolute atomic E-state index is 0.156. The Kier molecular flexibility index (Phi) is 4.74. The van der Waals surface area contributed by atoms with Gasteiger partial charge in [0.25, 0.3) is 0 Å². The van der Waals surface area contributed by atoms with Crippen LogP contribution < -0.4 is 20.5 Å². The zero-order valence-corrected chi connectivity index (χ0v) is 13.7. The molecule has 2 aromatic rings. The molecule has 0 bridgehead atoms. The van der Waals surface area contributed by atoms with E-state index in [1.54, 1.807) is 38.5 Å². The Morgan fingerprint density at radius 2 is 1.83 bits per heavy atom. The second-order valence-electron chi connectivity index (χ2n) is 5.62. The van der Waals surface area contributed by atoms with Crippen LogP contribution in [0.2, 0.25) is 0 Å². The van der Waals surface area contributed by atoms with Crippen molar-refractivity contribution < 1.29 is 14.3 Å². The number of carbonyl (C=O) groups is 1. The molecule has 0 fully saturated rings. The number of nitrogens with two attached hydrogens (primary N) is 1. The summed E-state index contributed by atoms with van der Waals surface area (Å²) in [6, 6.07) is 8.79. The van der Waals surface area contributed by atoms with Crippen LogP contribution in [0.1, 0.15) is 19.4 Å². The molecule has 1 heterocycles. The highest BCUT2D eigenvalue weighted by atomic mass is 16.5. The van der Waals surface area contributed by atoms with Crippen molar-refractivity contribution in [2.45, 2.75) is 19.3 Å². The van der Waals surface area contributed by atoms with Crippen molar-refractivity contribution in [3.8, 4) is 11.5 Å². The van der Waals surface area contributed by atoms with Gasteiger partial charge >= 0.3 is 0 Å². The van der Waals surface area contributed by atoms with E-state index in [4.69, 9.17) is 15.2 Å². The number of nitrogens with one attached hydrogen (secondary N) is 1. The zero-order valence-electron chi connectivity index (χ0n) is 13.7. The number of carbonyl (C=O) groups excluding carboxylic acids is 1. The number of aromatic nitrogens is 1. The number of anilines is 2. The van der Waals surface area contributed by atoms with E-state index in [0.717, 1.165) is 5.56 Å². The molecular formula is C17H21N3O3. The van der Waals surface area contributed by atoms with Gasteiger partial charge in [-0.3, -0.25) is 4.79 Å². The molecule has 0 aliphatic heterocycles. The van der Waals surface area contributed by atoms with Crippen LogP contribution in [0.4, 0.5) is 11.5 Å². The van der Waals surface area contributed by atoms with E-state index in [1.807, 2.05) is 19.9 Å². The third-order valence-electron chi connectivity index (χ3n) is 3.72. The van der Waals surface area contributed by atoms with Gasteiger partial charge in [-0.2, -0.15) is 0 Å². The Morgan fingerprint density at radius 1 is 1.13 bits per heavy atom. The van der Waals surface area contributed by atoms with Crippen LogP contribution in [0.3, 0.4) is 0 Å². The summed E-state index contributed by atoms with van der Waals surface area (Å²) in [5.74, 6) is 1.45. The number of hydrogen-bond donors (Lipinski definition) is 2. The fraction of sp³-hybridized carbons (Fsp3) is 0.294. The molecule has 0 atom stereocenters. The SMILES string of the molecule is COc1ccc(C(C)(C)C(=O)Nc2ccc(N)nc2)cc1OC. The number of methoxy groups -OCH3 is 2. The number of pyridine rings is 1. The van der Waals surface area contributed by atoms with Crippen LogP contribution in [-0.2, 0) is 10.2 Å². The highest BCUT2D eigenvalue weighted by Crippen LogP contribution is 2.33. The maximum absolute atomic E-state index is 12.6. The molecule has 122 valence electrons. The topological polar surface area (TPSA) is 86.5 Å². The number of nitrogen functional groups attached to an aromatic ring is 1. The Bertz CT molecular complexity index is 697. The number of hydrogen-bond acceptors (Lipinski definition) is 5. The fourth-order valence-electron chi connectivity index (χ4n) is 2.12. The van der Waals surface area contributed by atoms with Gasteiger partial charge < -0.3 is 20.5 Å². The highest BCUT2D eigenvalue weighted by molar-refractivity contribution is 5.98. The van der Waals surface area contributed by atoms with Gasteiger partial charge in [0.15, 0.2) is 11.5 Å². The lowest BCUT2D eigenvalue weighted by atomic mass is 9.83. The Balaban J connectivity index is 2.26. The lowest BCUT2D eigenvalue weighted by molar-refractivity contribution is -0.120. The number of amides is 1. The van der Waals surface area contributed by atoms with Crippen LogP contribution in [0, 0.1) is 0 Å². The molecule has 1 amide bonds. The molecule has 3 N–H and O–H groups in total. The van der Waals surface area contributed by atoms with Gasteiger partial charge in [-0.1, -0.05) is 6.07 Å². The lowest BCUT2D eigenvalue weighted by Gasteiger charge is -2.25. The van der Waals surface area contributed by atoms with E-state index in [2.05, 4.69) is 10.3 Å². The first kappa shape index (κ1) is 16.6. The monoisotopic (exact) mass is 315 g/mol. The first-order chi connectivity index (χ1) is 10.9. The quantitative estimate of drug-likeness (QED) is 0.885. The van der Waals surface area contributed by atoms with Crippen LogP contribution in [0.25, 0.3) is 0 Å². The molecule has 1 aromatic heterocycles. The van der Waals surface area contributed by atoms with Gasteiger partial charge in [-0.25, -0.2) is 4.98 Å². The van der Waals surface area contributed by atoms with Gasteiger partial charge in [-0.05, 0) is 43.7 Å². The van der Waals surface area contributed by atoms with E-state index in [9.17, 15) is 4.79 Å². The summed E-state index contributed by atoms with van der Waals surface area (Å²) in [6.07, 6.45) is 1.53. The van der Waals surface area contributed by atoms with Crippen LogP contribution in [0.15, 0.2) is 36.5 Å². The van der Waals surface area contributed by atoms with Gasteiger partial charge in [0.1, 0.15) is 5.82 Å². The van der Waals surface area contributed by atoms with Crippen molar-refractivity contribution in [1.82, 2.24) is 4.98 Å². The summed E-state index contributed by atoms with van der Waals surface area (Å²) >= 11 is 0. The predicted molar refractivity (Wildman–Crippen MR) is 89.9 cm³/mol. The van der Waals surface area contributed by atoms with E-state index in [1.165, 1.54) is 6.20 Å². The molecule has 0 saturated carbocycles. The maximum atomic E-state index is 12.6. The molecular weight excluding hydrogens is 294 g/mol. The van der Waals surface area contributed by atoms with Gasteiger partial charge in [0, 0.05) is 0 Å². The van der Waals surface area contributed by atoms with E-state index in [-0.39, 0.29) is 5.91 Å². The van der Waals surface area contributed by atoms with Crippen molar-refractivity contribution in [3.63, 3.8) is 0 Å². The summed E-state index contributed by atoms with van der Waals surface area (Å²) in [6.45, 7) is 3.68. The second-order valence-corrected chi connectivity index (χ2v) is 5.62. The molecule has 2 rings (SSSR count). The molecule has 1 aromatic carbocycles. The molecule has 6 heteroatoms. The number of ether oxygens (including phenoxy) is 2. The normalized spacial score (nSPS) is 11.0.